The van der Waals surface area contributed by atoms with Gasteiger partial charge in [0.2, 0.25) is 0 Å². The van der Waals surface area contributed by atoms with Gasteiger partial charge >= 0.3 is 0 Å². The number of rotatable bonds is 2. The Labute approximate surface area is 128 Å². The van der Waals surface area contributed by atoms with E-state index in [0.717, 1.165) is 22.5 Å². The summed E-state index contributed by atoms with van der Waals surface area (Å²) in [5.41, 5.74) is 3.53. The average Bonchev–Trinajstić information content (AvgIpc) is 2.93. The highest BCUT2D eigenvalue weighted by Gasteiger charge is 2.12. The van der Waals surface area contributed by atoms with Crippen molar-refractivity contribution in [2.75, 3.05) is 19.5 Å². The van der Waals surface area contributed by atoms with E-state index in [4.69, 9.17) is 4.74 Å². The topological polar surface area (TPSA) is 49.9 Å². The number of benzene rings is 2. The highest BCUT2D eigenvalue weighted by molar-refractivity contribution is 6.15. The molecule has 0 fully saturated rings. The Morgan fingerprint density at radius 3 is 2.68 bits per heavy atom. The van der Waals surface area contributed by atoms with Gasteiger partial charge in [-0.05, 0) is 48.2 Å². The molecule has 22 heavy (non-hydrogen) atoms. The molecule has 0 saturated heterocycles. The largest absolute Gasteiger partial charge is 0.497 e. The molecule has 0 aliphatic rings. The lowest BCUT2D eigenvalue weighted by atomic mass is 10.0. The number of aromatic amines is 1. The molecule has 2 heterocycles. The molecule has 0 aliphatic heterocycles. The molecule has 2 aromatic carbocycles. The van der Waals surface area contributed by atoms with Gasteiger partial charge in [-0.1, -0.05) is 0 Å². The molecule has 0 spiro atoms. The third kappa shape index (κ3) is 1.67. The first kappa shape index (κ1) is 13.0. The van der Waals surface area contributed by atoms with Crippen molar-refractivity contribution in [3.63, 3.8) is 0 Å². The molecule has 4 aromatic rings. The lowest BCUT2D eigenvalue weighted by Crippen LogP contribution is -1.94. The van der Waals surface area contributed by atoms with Gasteiger partial charge in [-0.2, -0.15) is 0 Å². The maximum atomic E-state index is 5.36. The van der Waals surface area contributed by atoms with E-state index in [1.54, 1.807) is 7.11 Å². The number of aromatic nitrogens is 2. The Bertz CT molecular complexity index is 1020. The maximum absolute atomic E-state index is 5.36. The summed E-state index contributed by atoms with van der Waals surface area (Å²) in [6.45, 7) is 2.15. The van der Waals surface area contributed by atoms with Crippen molar-refractivity contribution in [2.45, 2.75) is 6.92 Å². The lowest BCUT2D eigenvalue weighted by molar-refractivity contribution is 0.415. The third-order valence-corrected chi connectivity index (χ3v) is 4.34. The number of nitrogens with one attached hydrogen (secondary N) is 2. The van der Waals surface area contributed by atoms with Crippen LogP contribution in [0.2, 0.25) is 0 Å². The zero-order valence-corrected chi connectivity index (χ0v) is 12.8. The third-order valence-electron chi connectivity index (χ3n) is 4.34. The Kier molecular flexibility index (Phi) is 2.73. The van der Waals surface area contributed by atoms with E-state index < -0.39 is 0 Å². The van der Waals surface area contributed by atoms with Crippen molar-refractivity contribution >= 4 is 38.4 Å². The summed E-state index contributed by atoms with van der Waals surface area (Å²) in [5.74, 6) is 1.77. The van der Waals surface area contributed by atoms with Gasteiger partial charge in [0.15, 0.2) is 0 Å². The quantitative estimate of drug-likeness (QED) is 0.581. The standard InChI is InChI=1S/C18H17N3O/c1-10-12-6-7-20-18(19-2)15(12)9-14-13-8-11(22-3)4-5-16(13)21-17(10)14/h4-9,21H,1-3H3,(H,19,20). The van der Waals surface area contributed by atoms with Crippen molar-refractivity contribution in [1.82, 2.24) is 9.97 Å². The molecule has 2 N–H and O–H groups in total. The maximum Gasteiger partial charge on any atom is 0.133 e. The molecule has 4 heteroatoms. The van der Waals surface area contributed by atoms with Gasteiger partial charge in [0, 0.05) is 34.9 Å². The Balaban J connectivity index is 2.21. The van der Waals surface area contributed by atoms with Crippen molar-refractivity contribution in [3.8, 4) is 5.75 Å². The van der Waals surface area contributed by atoms with Crippen LogP contribution in [0.1, 0.15) is 5.56 Å². The lowest BCUT2D eigenvalue weighted by Gasteiger charge is -2.08. The summed E-state index contributed by atoms with van der Waals surface area (Å²) < 4.78 is 5.36. The number of fused-ring (bicyclic) bond motifs is 4. The molecule has 0 amide bonds. The van der Waals surface area contributed by atoms with Crippen LogP contribution >= 0.6 is 0 Å². The van der Waals surface area contributed by atoms with E-state index in [0.29, 0.717) is 0 Å². The molecule has 0 radical (unpaired) electrons. The van der Waals surface area contributed by atoms with Crippen LogP contribution in [0.5, 0.6) is 5.75 Å². The van der Waals surface area contributed by atoms with Crippen LogP contribution in [0, 0.1) is 6.92 Å². The predicted octanol–water partition coefficient (Wildman–Crippen LogP) is 4.23. The Morgan fingerprint density at radius 1 is 1.05 bits per heavy atom. The molecular formula is C18H17N3O. The van der Waals surface area contributed by atoms with Crippen molar-refractivity contribution in [1.29, 1.82) is 0 Å². The minimum atomic E-state index is 0.867. The molecule has 0 atom stereocenters. The summed E-state index contributed by atoms with van der Waals surface area (Å²) in [6.07, 6.45) is 1.85. The number of aryl methyl sites for hydroxylation is 1. The summed E-state index contributed by atoms with van der Waals surface area (Å²) in [6, 6.07) is 10.4. The molecule has 0 bridgehead atoms. The molecule has 0 aliphatic carbocycles. The number of hydrogen-bond donors (Lipinski definition) is 2. The van der Waals surface area contributed by atoms with Crippen molar-refractivity contribution < 1.29 is 4.74 Å². The van der Waals surface area contributed by atoms with Gasteiger partial charge in [-0.3, -0.25) is 0 Å². The number of methoxy groups -OCH3 is 1. The molecular weight excluding hydrogens is 274 g/mol. The van der Waals surface area contributed by atoms with Crippen LogP contribution in [0.25, 0.3) is 32.6 Å². The van der Waals surface area contributed by atoms with Gasteiger partial charge in [0.25, 0.3) is 0 Å². The second-order valence-electron chi connectivity index (χ2n) is 5.47. The van der Waals surface area contributed by atoms with Crippen LogP contribution < -0.4 is 10.1 Å². The van der Waals surface area contributed by atoms with Crippen LogP contribution in [-0.4, -0.2) is 24.1 Å². The number of ether oxygens (including phenoxy) is 1. The van der Waals surface area contributed by atoms with E-state index in [2.05, 4.69) is 46.5 Å². The fourth-order valence-electron chi connectivity index (χ4n) is 3.19. The first-order valence-corrected chi connectivity index (χ1v) is 7.28. The normalized spacial score (nSPS) is 11.4. The SMILES string of the molecule is CNc1nccc2c(C)c3[nH]c4ccc(OC)cc4c3cc12. The zero-order valence-electron chi connectivity index (χ0n) is 12.8. The van der Waals surface area contributed by atoms with Gasteiger partial charge < -0.3 is 15.0 Å². The molecule has 0 unspecified atom stereocenters. The minimum Gasteiger partial charge on any atom is -0.497 e. The number of anilines is 1. The predicted molar refractivity (Wildman–Crippen MR) is 91.9 cm³/mol. The molecule has 0 saturated carbocycles. The highest BCUT2D eigenvalue weighted by atomic mass is 16.5. The number of nitrogens with zero attached hydrogens (tertiary/aromatic N) is 1. The van der Waals surface area contributed by atoms with Crippen molar-refractivity contribution in [2.24, 2.45) is 0 Å². The summed E-state index contributed by atoms with van der Waals surface area (Å²) >= 11 is 0. The van der Waals surface area contributed by atoms with Crippen LogP contribution in [0.4, 0.5) is 5.82 Å². The fourth-order valence-corrected chi connectivity index (χ4v) is 3.19. The van der Waals surface area contributed by atoms with Gasteiger partial charge in [0.1, 0.15) is 11.6 Å². The summed E-state index contributed by atoms with van der Waals surface area (Å²) in [4.78, 5) is 7.96. The van der Waals surface area contributed by atoms with Crippen LogP contribution in [-0.2, 0) is 0 Å². The second-order valence-corrected chi connectivity index (χ2v) is 5.47. The minimum absolute atomic E-state index is 0.867. The van der Waals surface area contributed by atoms with Gasteiger partial charge in [-0.15, -0.1) is 0 Å². The zero-order chi connectivity index (χ0) is 15.3. The smallest absolute Gasteiger partial charge is 0.133 e. The second kappa shape index (κ2) is 4.63. The van der Waals surface area contributed by atoms with E-state index in [1.807, 2.05) is 19.3 Å². The Morgan fingerprint density at radius 2 is 1.91 bits per heavy atom. The van der Waals surface area contributed by atoms with Crippen LogP contribution in [0.15, 0.2) is 36.5 Å². The van der Waals surface area contributed by atoms with E-state index >= 15 is 0 Å². The summed E-state index contributed by atoms with van der Waals surface area (Å²) in [5, 5.41) is 7.90. The molecule has 4 nitrogen and oxygen atoms in total. The molecule has 110 valence electrons. The van der Waals surface area contributed by atoms with E-state index in [-0.39, 0.29) is 0 Å². The number of pyridine rings is 1. The van der Waals surface area contributed by atoms with E-state index in [9.17, 15) is 0 Å². The Hall–Kier alpha value is -2.75. The van der Waals surface area contributed by atoms with Crippen LogP contribution in [0.3, 0.4) is 0 Å². The average molecular weight is 291 g/mol. The first-order valence-electron chi connectivity index (χ1n) is 7.28. The number of hydrogen-bond acceptors (Lipinski definition) is 3. The monoisotopic (exact) mass is 291 g/mol. The fraction of sp³-hybridized carbons (Fsp3) is 0.167. The van der Waals surface area contributed by atoms with Gasteiger partial charge in [-0.25, -0.2) is 4.98 Å². The number of H-pyrrole nitrogens is 1. The first-order chi connectivity index (χ1) is 10.7. The summed E-state index contributed by atoms with van der Waals surface area (Å²) in [7, 11) is 3.60. The van der Waals surface area contributed by atoms with E-state index in [1.165, 1.54) is 27.2 Å². The molecule has 2 aromatic heterocycles. The van der Waals surface area contributed by atoms with Crippen molar-refractivity contribution in [3.05, 3.63) is 42.1 Å². The molecule has 4 rings (SSSR count). The van der Waals surface area contributed by atoms with Gasteiger partial charge in [0.05, 0.1) is 12.6 Å². The highest BCUT2D eigenvalue weighted by Crippen LogP contribution is 2.36.